The van der Waals surface area contributed by atoms with E-state index in [-0.39, 0.29) is 33.6 Å². The van der Waals surface area contributed by atoms with Crippen LogP contribution in [-0.2, 0) is 0 Å². The van der Waals surface area contributed by atoms with Crippen molar-refractivity contribution in [1.82, 2.24) is 4.90 Å². The predicted molar refractivity (Wildman–Crippen MR) is 112 cm³/mol. The number of phenols is 2. The van der Waals surface area contributed by atoms with E-state index >= 15 is 0 Å². The number of hydrogen-bond acceptors (Lipinski definition) is 6. The van der Waals surface area contributed by atoms with Crippen LogP contribution in [0.5, 0.6) is 17.2 Å². The van der Waals surface area contributed by atoms with Gasteiger partial charge in [-0.3, -0.25) is 4.79 Å². The van der Waals surface area contributed by atoms with E-state index in [1.165, 1.54) is 31.4 Å². The van der Waals surface area contributed by atoms with Crippen LogP contribution in [0, 0.1) is 0 Å². The van der Waals surface area contributed by atoms with Gasteiger partial charge >= 0.3 is 0 Å². The van der Waals surface area contributed by atoms with Gasteiger partial charge in [-0.15, -0.1) is 0 Å². The Morgan fingerprint density at radius 2 is 1.79 bits per heavy atom. The first-order chi connectivity index (χ1) is 14.1. The van der Waals surface area contributed by atoms with E-state index in [9.17, 15) is 15.0 Å². The number of phenolic OH excluding ortho intramolecular Hbond substituents is 2. The van der Waals surface area contributed by atoms with Crippen molar-refractivity contribution >= 4 is 11.0 Å². The molecule has 2 N–H and O–H groups in total. The lowest BCUT2D eigenvalue weighted by molar-refractivity contribution is 0.201. The third-order valence-corrected chi connectivity index (χ3v) is 5.30. The van der Waals surface area contributed by atoms with Crippen LogP contribution in [0.4, 0.5) is 0 Å². The number of likely N-dealkylation sites (tertiary alicyclic amines) is 1. The van der Waals surface area contributed by atoms with Crippen LogP contribution >= 0.6 is 0 Å². The maximum atomic E-state index is 12.6. The predicted octanol–water partition coefficient (Wildman–Crippen LogP) is 4.13. The Kier molecular flexibility index (Phi) is 5.71. The average Bonchev–Trinajstić information content (AvgIpc) is 2.74. The molecule has 0 spiro atoms. The molecule has 6 heteroatoms. The summed E-state index contributed by atoms with van der Waals surface area (Å²) in [6.07, 6.45) is 4.53. The monoisotopic (exact) mass is 395 g/mol. The second-order valence-electron chi connectivity index (χ2n) is 7.39. The van der Waals surface area contributed by atoms with Crippen molar-refractivity contribution in [3.8, 4) is 28.6 Å². The molecule has 1 saturated heterocycles. The average molecular weight is 395 g/mol. The highest BCUT2D eigenvalue weighted by molar-refractivity contribution is 5.89. The van der Waals surface area contributed by atoms with Gasteiger partial charge in [0.25, 0.3) is 0 Å². The number of rotatable bonds is 6. The summed E-state index contributed by atoms with van der Waals surface area (Å²) >= 11 is 0. The van der Waals surface area contributed by atoms with Crippen LogP contribution in [0.25, 0.3) is 22.3 Å². The van der Waals surface area contributed by atoms with Gasteiger partial charge in [-0.05, 0) is 32.4 Å². The Morgan fingerprint density at radius 3 is 2.55 bits per heavy atom. The number of hydrogen-bond donors (Lipinski definition) is 2. The Bertz CT molecular complexity index is 1040. The summed E-state index contributed by atoms with van der Waals surface area (Å²) in [4.78, 5) is 15.0. The van der Waals surface area contributed by atoms with Crippen LogP contribution in [0.3, 0.4) is 0 Å². The minimum atomic E-state index is -0.388. The molecule has 152 valence electrons. The summed E-state index contributed by atoms with van der Waals surface area (Å²) in [5, 5.41) is 20.9. The van der Waals surface area contributed by atoms with Crippen molar-refractivity contribution < 1.29 is 19.4 Å². The van der Waals surface area contributed by atoms with Crippen LogP contribution in [-0.4, -0.2) is 41.4 Å². The summed E-state index contributed by atoms with van der Waals surface area (Å²) < 4.78 is 11.4. The van der Waals surface area contributed by atoms with E-state index in [1.54, 1.807) is 0 Å². The highest BCUT2D eigenvalue weighted by atomic mass is 16.5. The molecule has 2 aromatic carbocycles. The standard InChI is InChI=1S/C23H25NO5/c25-17-14-19(16-8-3-1-4-9-16)29-20-15-18(26)23(22(27)21(17)20)28-13-7-12-24-10-5-2-6-11-24/h1,3-4,8-9,14-15,26-27H,2,5-7,10-13H2. The number of fused-ring (bicyclic) bond motifs is 1. The molecule has 0 unspecified atom stereocenters. The first-order valence-corrected chi connectivity index (χ1v) is 10.1. The second-order valence-corrected chi connectivity index (χ2v) is 7.39. The van der Waals surface area contributed by atoms with E-state index < -0.39 is 0 Å². The van der Waals surface area contributed by atoms with Crippen molar-refractivity contribution in [3.63, 3.8) is 0 Å². The van der Waals surface area contributed by atoms with Gasteiger partial charge in [0.1, 0.15) is 16.7 Å². The molecule has 1 aliphatic heterocycles. The summed E-state index contributed by atoms with van der Waals surface area (Å²) in [7, 11) is 0. The van der Waals surface area contributed by atoms with Gasteiger partial charge in [0.15, 0.2) is 16.9 Å². The van der Waals surface area contributed by atoms with Crippen molar-refractivity contribution in [2.24, 2.45) is 0 Å². The van der Waals surface area contributed by atoms with E-state index in [0.717, 1.165) is 31.6 Å². The minimum absolute atomic E-state index is 0.00788. The zero-order chi connectivity index (χ0) is 20.2. The molecule has 2 heterocycles. The zero-order valence-electron chi connectivity index (χ0n) is 16.3. The molecule has 1 fully saturated rings. The van der Waals surface area contributed by atoms with Crippen LogP contribution in [0.2, 0.25) is 0 Å². The SMILES string of the molecule is O=c1cc(-c2ccccc2)oc2cc(O)c(OCCCN3CCCCC3)c(O)c12. The fraction of sp³-hybridized carbons (Fsp3) is 0.348. The van der Waals surface area contributed by atoms with E-state index in [0.29, 0.717) is 12.4 Å². The van der Waals surface area contributed by atoms with Gasteiger partial charge in [0, 0.05) is 24.2 Å². The quantitative estimate of drug-likeness (QED) is 0.611. The molecule has 0 atom stereocenters. The molecule has 1 aliphatic rings. The Hall–Kier alpha value is -2.99. The molecule has 0 bridgehead atoms. The maximum absolute atomic E-state index is 12.6. The van der Waals surface area contributed by atoms with Gasteiger partial charge in [0.2, 0.25) is 5.75 Å². The Labute approximate surface area is 169 Å². The second kappa shape index (κ2) is 8.57. The minimum Gasteiger partial charge on any atom is -0.504 e. The molecule has 6 nitrogen and oxygen atoms in total. The van der Waals surface area contributed by atoms with E-state index in [1.807, 2.05) is 30.3 Å². The normalized spacial score (nSPS) is 14.9. The smallest absolute Gasteiger partial charge is 0.204 e. The lowest BCUT2D eigenvalue weighted by Gasteiger charge is -2.26. The van der Waals surface area contributed by atoms with E-state index in [4.69, 9.17) is 9.15 Å². The first-order valence-electron chi connectivity index (χ1n) is 10.1. The maximum Gasteiger partial charge on any atom is 0.204 e. The Morgan fingerprint density at radius 1 is 1.03 bits per heavy atom. The van der Waals surface area contributed by atoms with E-state index in [2.05, 4.69) is 4.90 Å². The zero-order valence-corrected chi connectivity index (χ0v) is 16.3. The van der Waals surface area contributed by atoms with Gasteiger partial charge in [0.05, 0.1) is 6.61 Å². The van der Waals surface area contributed by atoms with Gasteiger partial charge in [-0.1, -0.05) is 36.8 Å². The van der Waals surface area contributed by atoms with Crippen molar-refractivity contribution in [1.29, 1.82) is 0 Å². The number of piperidine rings is 1. The topological polar surface area (TPSA) is 83.1 Å². The summed E-state index contributed by atoms with van der Waals surface area (Å²) in [5.41, 5.74) is 0.469. The summed E-state index contributed by atoms with van der Waals surface area (Å²) in [6, 6.07) is 11.9. The highest BCUT2D eigenvalue weighted by Crippen LogP contribution is 2.41. The lowest BCUT2D eigenvalue weighted by atomic mass is 10.1. The fourth-order valence-electron chi connectivity index (χ4n) is 3.80. The van der Waals surface area contributed by atoms with Gasteiger partial charge in [-0.2, -0.15) is 0 Å². The fourth-order valence-corrected chi connectivity index (χ4v) is 3.80. The molecular formula is C23H25NO5. The van der Waals surface area contributed by atoms with Crippen LogP contribution in [0.1, 0.15) is 25.7 Å². The van der Waals surface area contributed by atoms with Crippen molar-refractivity contribution in [3.05, 3.63) is 52.7 Å². The third kappa shape index (κ3) is 4.22. The molecule has 0 saturated carbocycles. The lowest BCUT2D eigenvalue weighted by Crippen LogP contribution is -2.31. The highest BCUT2D eigenvalue weighted by Gasteiger charge is 2.19. The molecule has 3 aromatic rings. The first kappa shape index (κ1) is 19.3. The molecule has 0 amide bonds. The molecular weight excluding hydrogens is 370 g/mol. The molecule has 29 heavy (non-hydrogen) atoms. The van der Waals surface area contributed by atoms with Gasteiger partial charge in [-0.25, -0.2) is 0 Å². The molecule has 1 aromatic heterocycles. The molecule has 0 radical (unpaired) electrons. The van der Waals surface area contributed by atoms with Gasteiger partial charge < -0.3 is 24.3 Å². The largest absolute Gasteiger partial charge is 0.504 e. The number of benzene rings is 2. The Balaban J connectivity index is 1.54. The van der Waals surface area contributed by atoms with Crippen LogP contribution < -0.4 is 10.2 Å². The third-order valence-electron chi connectivity index (χ3n) is 5.30. The summed E-state index contributed by atoms with van der Waals surface area (Å²) in [5.74, 6) is -0.333. The van der Waals surface area contributed by atoms with Crippen molar-refractivity contribution in [2.75, 3.05) is 26.2 Å². The summed E-state index contributed by atoms with van der Waals surface area (Å²) in [6.45, 7) is 3.47. The molecule has 4 rings (SSSR count). The number of aromatic hydroxyl groups is 2. The molecule has 0 aliphatic carbocycles. The number of ether oxygens (including phenoxy) is 1. The van der Waals surface area contributed by atoms with Crippen molar-refractivity contribution in [2.45, 2.75) is 25.7 Å². The number of nitrogens with zero attached hydrogens (tertiary/aromatic N) is 1. The van der Waals surface area contributed by atoms with Crippen LogP contribution in [0.15, 0.2) is 51.7 Å².